The maximum atomic E-state index is 13.2. The van der Waals surface area contributed by atoms with E-state index in [4.69, 9.17) is 37.4 Å². The Hall–Kier alpha value is -0.883. The van der Waals surface area contributed by atoms with Gasteiger partial charge >= 0.3 is 18.9 Å². The Morgan fingerprint density at radius 1 is 0.818 bits per heavy atom. The number of ether oxygens (including phenoxy) is 3. The number of halogens is 2. The van der Waals surface area contributed by atoms with Crippen LogP contribution in [0.1, 0.15) is 51.9 Å². The van der Waals surface area contributed by atoms with Gasteiger partial charge in [-0.3, -0.25) is 4.79 Å². The molecular formula is C25H33Cl2LiO4P+. The average Bonchev–Trinajstić information content (AvgIpc) is 2.70. The standard InChI is InChI=1S/C25H33Cl2O4P.Li/c1-15(2)12-29-18-10-21(30-13-16(3)4)24(22(11-18)31-14-17(5)6)32-25(28)23-19(26)8-7-9-20(23)27;/h7-11,15-17,32H,12-14H2,1-6H3;/q;+1. The fourth-order valence-electron chi connectivity index (χ4n) is 2.67. The molecule has 0 aliphatic rings. The van der Waals surface area contributed by atoms with Crippen molar-refractivity contribution in [2.45, 2.75) is 41.5 Å². The normalized spacial score (nSPS) is 11.4. The third kappa shape index (κ3) is 9.71. The topological polar surface area (TPSA) is 44.8 Å². The average molecular weight is 506 g/mol. The van der Waals surface area contributed by atoms with Crippen LogP contribution in [0, 0.1) is 17.8 Å². The molecule has 2 aromatic rings. The van der Waals surface area contributed by atoms with Gasteiger partial charge < -0.3 is 14.2 Å². The van der Waals surface area contributed by atoms with Gasteiger partial charge in [-0.05, 0) is 38.5 Å². The van der Waals surface area contributed by atoms with Crippen molar-refractivity contribution < 1.29 is 37.9 Å². The number of carbonyl (C=O) groups is 1. The van der Waals surface area contributed by atoms with Crippen LogP contribution in [0.25, 0.3) is 0 Å². The van der Waals surface area contributed by atoms with Crippen molar-refractivity contribution in [3.05, 3.63) is 45.9 Å². The number of rotatable bonds is 12. The Morgan fingerprint density at radius 2 is 1.24 bits per heavy atom. The molecule has 2 rings (SSSR count). The predicted octanol–water partition coefficient (Wildman–Crippen LogP) is 4.25. The first-order valence-corrected chi connectivity index (χ1v) is 12.7. The molecule has 0 saturated carbocycles. The van der Waals surface area contributed by atoms with Crippen molar-refractivity contribution in [2.75, 3.05) is 19.8 Å². The molecule has 0 aliphatic carbocycles. The zero-order chi connectivity index (χ0) is 23.8. The first kappa shape index (κ1) is 30.1. The molecule has 0 fully saturated rings. The van der Waals surface area contributed by atoms with E-state index in [0.717, 1.165) is 0 Å². The van der Waals surface area contributed by atoms with Crippen LogP contribution in [0.5, 0.6) is 17.2 Å². The molecule has 0 N–H and O–H groups in total. The Labute approximate surface area is 222 Å². The van der Waals surface area contributed by atoms with Crippen molar-refractivity contribution in [1.82, 2.24) is 0 Å². The van der Waals surface area contributed by atoms with Crippen molar-refractivity contribution >= 4 is 42.6 Å². The smallest absolute Gasteiger partial charge is 0.493 e. The van der Waals surface area contributed by atoms with Crippen LogP contribution < -0.4 is 38.4 Å². The summed E-state index contributed by atoms with van der Waals surface area (Å²) in [5.41, 5.74) is 0.152. The summed E-state index contributed by atoms with van der Waals surface area (Å²) in [6.45, 7) is 14.1. The molecule has 33 heavy (non-hydrogen) atoms. The number of benzene rings is 2. The minimum absolute atomic E-state index is 0. The van der Waals surface area contributed by atoms with E-state index in [1.807, 2.05) is 12.1 Å². The zero-order valence-corrected chi connectivity index (χ0v) is 23.1. The first-order valence-electron chi connectivity index (χ1n) is 10.9. The van der Waals surface area contributed by atoms with Crippen LogP contribution in [-0.4, -0.2) is 25.3 Å². The van der Waals surface area contributed by atoms with E-state index in [-0.39, 0.29) is 33.0 Å². The van der Waals surface area contributed by atoms with Gasteiger partial charge in [0.05, 0.1) is 40.7 Å². The quantitative estimate of drug-likeness (QED) is 0.319. The summed E-state index contributed by atoms with van der Waals surface area (Å²) >= 11 is 12.6. The van der Waals surface area contributed by atoms with Crippen molar-refractivity contribution in [3.63, 3.8) is 0 Å². The molecule has 8 heteroatoms. The molecule has 2 aromatic carbocycles. The van der Waals surface area contributed by atoms with E-state index in [9.17, 15) is 4.79 Å². The van der Waals surface area contributed by atoms with Gasteiger partial charge in [-0.1, -0.05) is 70.8 Å². The molecule has 0 saturated heterocycles. The Morgan fingerprint density at radius 3 is 1.67 bits per heavy atom. The first-order chi connectivity index (χ1) is 15.1. The second-order valence-electron chi connectivity index (χ2n) is 8.96. The third-order valence-corrected chi connectivity index (χ3v) is 6.05. The van der Waals surface area contributed by atoms with Gasteiger partial charge in [0, 0.05) is 12.1 Å². The summed E-state index contributed by atoms with van der Waals surface area (Å²) in [4.78, 5) is 13.2. The molecule has 1 atom stereocenters. The summed E-state index contributed by atoms with van der Waals surface area (Å²) in [6.07, 6.45) is 0. The van der Waals surface area contributed by atoms with Gasteiger partial charge in [0.25, 0.3) is 0 Å². The van der Waals surface area contributed by atoms with Crippen molar-refractivity contribution in [3.8, 4) is 17.2 Å². The zero-order valence-electron chi connectivity index (χ0n) is 20.6. The van der Waals surface area contributed by atoms with E-state index < -0.39 is 0 Å². The number of hydrogen-bond donors (Lipinski definition) is 0. The molecule has 0 heterocycles. The largest absolute Gasteiger partial charge is 1.00 e. The Kier molecular flexibility index (Phi) is 13.2. The van der Waals surface area contributed by atoms with Crippen LogP contribution in [0.15, 0.2) is 30.3 Å². The molecular weight excluding hydrogens is 473 g/mol. The maximum absolute atomic E-state index is 13.2. The minimum atomic E-state index is -0.267. The SMILES string of the molecule is CC(C)COc1cc(OCC(C)C)c(PC(=O)c2c(Cl)cccc2Cl)c(OCC(C)C)c1.[Li+]. The second kappa shape index (κ2) is 14.5. The van der Waals surface area contributed by atoms with E-state index >= 15 is 0 Å². The molecule has 176 valence electrons. The molecule has 0 aromatic heterocycles. The molecule has 4 nitrogen and oxygen atoms in total. The van der Waals surface area contributed by atoms with Crippen LogP contribution in [0.4, 0.5) is 0 Å². The van der Waals surface area contributed by atoms with Gasteiger partial charge in [0.1, 0.15) is 17.2 Å². The fraction of sp³-hybridized carbons (Fsp3) is 0.480. The van der Waals surface area contributed by atoms with Crippen molar-refractivity contribution in [2.24, 2.45) is 17.8 Å². The van der Waals surface area contributed by atoms with Crippen LogP contribution in [0.2, 0.25) is 10.0 Å². The van der Waals surface area contributed by atoms with Crippen molar-refractivity contribution in [1.29, 1.82) is 0 Å². The van der Waals surface area contributed by atoms with E-state index in [1.54, 1.807) is 18.2 Å². The summed E-state index contributed by atoms with van der Waals surface area (Å²) < 4.78 is 18.2. The van der Waals surface area contributed by atoms with Gasteiger partial charge in [-0.25, -0.2) is 0 Å². The molecule has 0 radical (unpaired) electrons. The van der Waals surface area contributed by atoms with Gasteiger partial charge in [0.2, 0.25) is 0 Å². The van der Waals surface area contributed by atoms with Gasteiger partial charge in [0.15, 0.2) is 5.52 Å². The second-order valence-corrected chi connectivity index (χ2v) is 11.0. The number of carbonyl (C=O) groups excluding carboxylic acids is 1. The molecule has 0 amide bonds. The van der Waals surface area contributed by atoms with Gasteiger partial charge in [-0.2, -0.15) is 0 Å². The Bertz CT molecular complexity index is 866. The fourth-order valence-corrected chi connectivity index (χ4v) is 4.55. The van der Waals surface area contributed by atoms with E-state index in [2.05, 4.69) is 41.5 Å². The van der Waals surface area contributed by atoms with Crippen LogP contribution in [-0.2, 0) is 0 Å². The summed E-state index contributed by atoms with van der Waals surface area (Å²) in [6, 6.07) is 8.74. The summed E-state index contributed by atoms with van der Waals surface area (Å²) in [5.74, 6) is 2.86. The van der Waals surface area contributed by atoms with E-state index in [1.165, 1.54) is 0 Å². The Balaban J connectivity index is 0.00000544. The maximum Gasteiger partial charge on any atom is 1.00 e. The third-order valence-electron chi connectivity index (χ3n) is 4.20. The van der Waals surface area contributed by atoms with Gasteiger partial charge in [-0.15, -0.1) is 0 Å². The molecule has 0 aliphatic heterocycles. The summed E-state index contributed by atoms with van der Waals surface area (Å²) in [5, 5.41) is 1.37. The minimum Gasteiger partial charge on any atom is -0.493 e. The van der Waals surface area contributed by atoms with Crippen LogP contribution >= 0.6 is 31.8 Å². The summed E-state index contributed by atoms with van der Waals surface area (Å²) in [7, 11) is -0.267. The van der Waals surface area contributed by atoms with E-state index in [0.29, 0.717) is 75.7 Å². The number of hydrogen-bond acceptors (Lipinski definition) is 4. The molecule has 0 bridgehead atoms. The molecule has 1 unspecified atom stereocenters. The monoisotopic (exact) mass is 505 g/mol. The predicted molar refractivity (Wildman–Crippen MR) is 136 cm³/mol. The van der Waals surface area contributed by atoms with Crippen LogP contribution in [0.3, 0.4) is 0 Å². The molecule has 0 spiro atoms.